The van der Waals surface area contributed by atoms with Gasteiger partial charge in [-0.2, -0.15) is 0 Å². The van der Waals surface area contributed by atoms with Crippen LogP contribution in [-0.2, 0) is 9.59 Å². The van der Waals surface area contributed by atoms with Gasteiger partial charge >= 0.3 is 0 Å². The summed E-state index contributed by atoms with van der Waals surface area (Å²) in [5.41, 5.74) is 7.16. The van der Waals surface area contributed by atoms with Crippen LogP contribution in [0.2, 0.25) is 0 Å². The third kappa shape index (κ3) is 5.44. The van der Waals surface area contributed by atoms with Gasteiger partial charge in [-0.15, -0.1) is 11.8 Å². The molecule has 0 saturated heterocycles. The smallest absolute Gasteiger partial charge is 0.246 e. The highest BCUT2D eigenvalue weighted by molar-refractivity contribution is 8.00. The second-order valence-electron chi connectivity index (χ2n) is 7.07. The number of rotatable bonds is 7. The van der Waals surface area contributed by atoms with Gasteiger partial charge in [0.2, 0.25) is 11.8 Å². The first-order chi connectivity index (χ1) is 14.0. The fraction of sp³-hybridized carbons (Fsp3) is 0.364. The van der Waals surface area contributed by atoms with Gasteiger partial charge in [0.15, 0.2) is 0 Å². The number of carbonyl (C=O) groups is 2. The maximum absolute atomic E-state index is 13.3. The summed E-state index contributed by atoms with van der Waals surface area (Å²) in [6.45, 7) is 3.42. The van der Waals surface area contributed by atoms with Gasteiger partial charge in [-0.05, 0) is 42.8 Å². The molecule has 0 spiro atoms. The van der Waals surface area contributed by atoms with E-state index in [0.717, 1.165) is 28.4 Å². The summed E-state index contributed by atoms with van der Waals surface area (Å²) in [6, 6.07) is 15.5. The zero-order valence-corrected chi connectivity index (χ0v) is 17.7. The van der Waals surface area contributed by atoms with E-state index < -0.39 is 0 Å². The lowest BCUT2D eigenvalue weighted by atomic mass is 10.2. The van der Waals surface area contributed by atoms with Gasteiger partial charge in [0.05, 0.1) is 19.3 Å². The summed E-state index contributed by atoms with van der Waals surface area (Å²) in [7, 11) is 1.61. The van der Waals surface area contributed by atoms with Crippen molar-refractivity contribution in [3.63, 3.8) is 0 Å². The molecule has 6 nitrogen and oxygen atoms in total. The van der Waals surface area contributed by atoms with E-state index in [0.29, 0.717) is 18.3 Å². The predicted molar refractivity (Wildman–Crippen MR) is 118 cm³/mol. The normalized spacial score (nSPS) is 15.9. The Morgan fingerprint density at radius 2 is 1.93 bits per heavy atom. The van der Waals surface area contributed by atoms with Crippen molar-refractivity contribution in [3.8, 4) is 5.75 Å². The Morgan fingerprint density at radius 1 is 1.21 bits per heavy atom. The van der Waals surface area contributed by atoms with E-state index >= 15 is 0 Å². The highest BCUT2D eigenvalue weighted by Crippen LogP contribution is 2.37. The molecule has 1 atom stereocenters. The fourth-order valence-electron chi connectivity index (χ4n) is 3.33. The molecule has 0 aromatic heterocycles. The molecule has 2 aromatic rings. The molecule has 1 aliphatic heterocycles. The van der Waals surface area contributed by atoms with Crippen LogP contribution in [0.1, 0.15) is 19.8 Å². The Bertz CT molecular complexity index is 857. The zero-order valence-electron chi connectivity index (χ0n) is 16.8. The van der Waals surface area contributed by atoms with Crippen molar-refractivity contribution < 1.29 is 14.3 Å². The van der Waals surface area contributed by atoms with E-state index in [1.807, 2.05) is 52.3 Å². The van der Waals surface area contributed by atoms with Crippen LogP contribution in [0.25, 0.3) is 0 Å². The largest absolute Gasteiger partial charge is 0.497 e. The Labute approximate surface area is 176 Å². The van der Waals surface area contributed by atoms with Gasteiger partial charge in [-0.1, -0.05) is 19.1 Å². The van der Waals surface area contributed by atoms with Crippen molar-refractivity contribution >= 4 is 35.0 Å². The van der Waals surface area contributed by atoms with Crippen molar-refractivity contribution in [1.29, 1.82) is 0 Å². The molecular weight excluding hydrogens is 386 g/mol. The summed E-state index contributed by atoms with van der Waals surface area (Å²) in [5, 5.41) is 0.446. The highest BCUT2D eigenvalue weighted by atomic mass is 32.2. The molecule has 154 valence electrons. The Morgan fingerprint density at radius 3 is 2.62 bits per heavy atom. The average Bonchev–Trinajstić information content (AvgIpc) is 2.89. The van der Waals surface area contributed by atoms with Crippen LogP contribution in [0, 0.1) is 0 Å². The SMILES string of the molecule is COc1ccc(N(CCC(N)=O)CC(=O)N2CC[C@@H](C)Sc3ccccc32)cc1. The lowest BCUT2D eigenvalue weighted by molar-refractivity contribution is -0.119. The van der Waals surface area contributed by atoms with E-state index in [-0.39, 0.29) is 24.8 Å². The number of primary amides is 1. The van der Waals surface area contributed by atoms with E-state index in [2.05, 4.69) is 13.0 Å². The fourth-order valence-corrected chi connectivity index (χ4v) is 4.45. The topological polar surface area (TPSA) is 75.9 Å². The molecule has 1 heterocycles. The number of benzene rings is 2. The molecular formula is C22H27N3O3S. The van der Waals surface area contributed by atoms with E-state index in [1.165, 1.54) is 0 Å². The van der Waals surface area contributed by atoms with Gasteiger partial charge in [-0.3, -0.25) is 9.59 Å². The van der Waals surface area contributed by atoms with Crippen LogP contribution < -0.4 is 20.3 Å². The molecule has 0 fully saturated rings. The molecule has 3 rings (SSSR count). The van der Waals surface area contributed by atoms with Crippen LogP contribution >= 0.6 is 11.8 Å². The van der Waals surface area contributed by atoms with Crippen molar-refractivity contribution in [2.45, 2.75) is 29.9 Å². The number of thioether (sulfide) groups is 1. The average molecular weight is 414 g/mol. The minimum atomic E-state index is -0.388. The zero-order chi connectivity index (χ0) is 20.8. The molecule has 2 N–H and O–H groups in total. The van der Waals surface area contributed by atoms with Gasteiger partial charge < -0.3 is 20.3 Å². The molecule has 7 heteroatoms. The van der Waals surface area contributed by atoms with Crippen LogP contribution in [0.15, 0.2) is 53.4 Å². The van der Waals surface area contributed by atoms with Crippen LogP contribution in [0.3, 0.4) is 0 Å². The van der Waals surface area contributed by atoms with Gasteiger partial charge in [0.1, 0.15) is 5.75 Å². The third-order valence-corrected chi connectivity index (χ3v) is 6.17. The lowest BCUT2D eigenvalue weighted by Gasteiger charge is -2.29. The summed E-state index contributed by atoms with van der Waals surface area (Å²) in [6.07, 6.45) is 1.11. The molecule has 0 bridgehead atoms. The van der Waals surface area contributed by atoms with Crippen molar-refractivity contribution in [1.82, 2.24) is 0 Å². The number of nitrogens with two attached hydrogens (primary N) is 1. The maximum atomic E-state index is 13.3. The molecule has 2 amide bonds. The number of methoxy groups -OCH3 is 1. The number of para-hydroxylation sites is 1. The van der Waals surface area contributed by atoms with E-state index in [9.17, 15) is 9.59 Å². The first kappa shape index (κ1) is 21.0. The summed E-state index contributed by atoms with van der Waals surface area (Å²) < 4.78 is 5.22. The standard InChI is InChI=1S/C22H27N3O3S/c1-16-11-14-25(19-5-3-4-6-20(19)29-16)22(27)15-24(13-12-21(23)26)17-7-9-18(28-2)10-8-17/h3-10,16H,11-15H2,1-2H3,(H2,23,26)/t16-/m1/s1. The van der Waals surface area contributed by atoms with Gasteiger partial charge in [-0.25, -0.2) is 0 Å². The molecule has 1 aliphatic rings. The number of amides is 2. The monoisotopic (exact) mass is 413 g/mol. The molecule has 2 aromatic carbocycles. The predicted octanol–water partition coefficient (Wildman–Crippen LogP) is 3.29. The van der Waals surface area contributed by atoms with Crippen molar-refractivity contribution in [2.75, 3.05) is 36.5 Å². The Kier molecular flexibility index (Phi) is 7.04. The quantitative estimate of drug-likeness (QED) is 0.754. The number of hydrogen-bond donors (Lipinski definition) is 1. The Hall–Kier alpha value is -2.67. The molecule has 0 radical (unpaired) electrons. The van der Waals surface area contributed by atoms with Crippen molar-refractivity contribution in [3.05, 3.63) is 48.5 Å². The number of carbonyl (C=O) groups excluding carboxylic acids is 2. The first-order valence-corrected chi connectivity index (χ1v) is 10.6. The second kappa shape index (κ2) is 9.69. The number of hydrogen-bond acceptors (Lipinski definition) is 5. The number of fused-ring (bicyclic) bond motifs is 1. The number of nitrogens with zero attached hydrogens (tertiary/aromatic N) is 2. The summed E-state index contributed by atoms with van der Waals surface area (Å²) in [5.74, 6) is 0.358. The molecule has 0 saturated carbocycles. The maximum Gasteiger partial charge on any atom is 0.246 e. The lowest BCUT2D eigenvalue weighted by Crippen LogP contribution is -2.42. The highest BCUT2D eigenvalue weighted by Gasteiger charge is 2.25. The van der Waals surface area contributed by atoms with Crippen LogP contribution in [-0.4, -0.2) is 43.8 Å². The van der Waals surface area contributed by atoms with Crippen molar-refractivity contribution in [2.24, 2.45) is 5.73 Å². The van der Waals surface area contributed by atoms with E-state index in [1.54, 1.807) is 18.9 Å². The molecule has 0 unspecified atom stereocenters. The Balaban J connectivity index is 1.82. The minimum absolute atomic E-state index is 0.00689. The first-order valence-electron chi connectivity index (χ1n) is 9.71. The summed E-state index contributed by atoms with van der Waals surface area (Å²) >= 11 is 1.80. The molecule has 0 aliphatic carbocycles. The van der Waals surface area contributed by atoms with Gasteiger partial charge in [0, 0.05) is 35.3 Å². The molecule has 29 heavy (non-hydrogen) atoms. The van der Waals surface area contributed by atoms with Gasteiger partial charge in [0.25, 0.3) is 0 Å². The second-order valence-corrected chi connectivity index (χ2v) is 8.55. The minimum Gasteiger partial charge on any atom is -0.497 e. The summed E-state index contributed by atoms with van der Waals surface area (Å²) in [4.78, 5) is 29.5. The number of ether oxygens (including phenoxy) is 1. The van der Waals surface area contributed by atoms with Crippen LogP contribution in [0.5, 0.6) is 5.75 Å². The third-order valence-electron chi connectivity index (χ3n) is 4.94. The van der Waals surface area contributed by atoms with E-state index in [4.69, 9.17) is 10.5 Å². The number of anilines is 2. The van der Waals surface area contributed by atoms with Crippen LogP contribution in [0.4, 0.5) is 11.4 Å².